The number of amides is 3. The van der Waals surface area contributed by atoms with Gasteiger partial charge in [0.25, 0.3) is 11.8 Å². The summed E-state index contributed by atoms with van der Waals surface area (Å²) in [6, 6.07) is 21.1. The van der Waals surface area contributed by atoms with Crippen LogP contribution in [-0.2, 0) is 0 Å². The third kappa shape index (κ3) is 7.25. The van der Waals surface area contributed by atoms with Crippen molar-refractivity contribution in [3.63, 3.8) is 0 Å². The minimum atomic E-state index is -0.623. The minimum absolute atomic E-state index is 0.247. The maximum Gasteiger partial charge on any atom is 0.413 e. The lowest BCUT2D eigenvalue weighted by atomic mass is 9.99. The van der Waals surface area contributed by atoms with Crippen LogP contribution in [0.1, 0.15) is 68.7 Å². The molecule has 0 bridgehead atoms. The van der Waals surface area contributed by atoms with Gasteiger partial charge < -0.3 is 24.4 Å². The van der Waals surface area contributed by atoms with E-state index in [4.69, 9.17) is 14.2 Å². The zero-order valence-electron chi connectivity index (χ0n) is 28.2. The van der Waals surface area contributed by atoms with E-state index >= 15 is 0 Å². The molecule has 49 heavy (non-hydrogen) atoms. The first kappa shape index (κ1) is 33.9. The van der Waals surface area contributed by atoms with E-state index in [2.05, 4.69) is 51.3 Å². The van der Waals surface area contributed by atoms with Gasteiger partial charge >= 0.3 is 6.09 Å². The maximum absolute atomic E-state index is 14.4. The van der Waals surface area contributed by atoms with Crippen molar-refractivity contribution in [2.45, 2.75) is 38.8 Å². The summed E-state index contributed by atoms with van der Waals surface area (Å²) in [7, 11) is 3.10. The average Bonchev–Trinajstić information content (AvgIpc) is 3.66. The minimum Gasteiger partial charge on any atom is -0.493 e. The van der Waals surface area contributed by atoms with Gasteiger partial charge in [0.15, 0.2) is 11.5 Å². The number of carbonyl (C=O) groups is 3. The second-order valence-corrected chi connectivity index (χ2v) is 13.1. The molecule has 11 nitrogen and oxygen atoms in total. The van der Waals surface area contributed by atoms with E-state index in [0.29, 0.717) is 35.5 Å². The van der Waals surface area contributed by atoms with Crippen LogP contribution in [0.4, 0.5) is 10.5 Å². The van der Waals surface area contributed by atoms with Crippen LogP contribution >= 0.6 is 11.3 Å². The number of anilines is 1. The second-order valence-electron chi connectivity index (χ2n) is 12.1. The summed E-state index contributed by atoms with van der Waals surface area (Å²) in [6.07, 6.45) is 0.241. The first-order chi connectivity index (χ1) is 23.8. The Bertz CT molecular complexity index is 1810. The van der Waals surface area contributed by atoms with E-state index in [0.717, 1.165) is 42.4 Å². The second kappa shape index (κ2) is 15.1. The van der Waals surface area contributed by atoms with Crippen LogP contribution in [0.3, 0.4) is 0 Å². The third-order valence-electron chi connectivity index (χ3n) is 9.23. The summed E-state index contributed by atoms with van der Waals surface area (Å²) in [5, 5.41) is 5.22. The number of nitrogens with one attached hydrogen (secondary N) is 1. The zero-order chi connectivity index (χ0) is 34.5. The molecule has 256 valence electrons. The number of nitrogens with zero attached hydrogens (tertiary/aromatic N) is 4. The fraction of sp³-hybridized carbons (Fsp3) is 0.351. The topological polar surface area (TPSA) is 114 Å². The largest absolute Gasteiger partial charge is 0.493 e. The molecule has 0 aliphatic carbocycles. The van der Waals surface area contributed by atoms with Crippen LogP contribution in [0.15, 0.2) is 72.1 Å². The molecule has 0 unspecified atom stereocenters. The molecule has 2 atom stereocenters. The van der Waals surface area contributed by atoms with Crippen molar-refractivity contribution < 1.29 is 28.6 Å². The molecule has 1 N–H and O–H groups in total. The molecule has 1 saturated heterocycles. The number of benzene rings is 3. The van der Waals surface area contributed by atoms with Gasteiger partial charge in [-0.15, -0.1) is 11.3 Å². The summed E-state index contributed by atoms with van der Waals surface area (Å²) in [4.78, 5) is 51.1. The number of rotatable bonds is 12. The van der Waals surface area contributed by atoms with E-state index < -0.39 is 12.1 Å². The Balaban J connectivity index is 1.20. The van der Waals surface area contributed by atoms with Crippen molar-refractivity contribution in [1.82, 2.24) is 20.1 Å². The standard InChI is InChI=1S/C37H41N5O6S/c1-24(26-10-6-5-7-11-26)40-18-20-41(21-19-40)30-13-8-12-28-34(30)36(44)42(35(28)43)29(27-15-16-31(46-3)32(22-27)47-4)14-9-17-38-37(45)48-33-23-49-25(2)39-33/h5-8,10-13,15-16,22-24,29H,9,14,17-21H2,1-4H3,(H,38,45)/t24-,29-/m1/s1. The fourth-order valence-corrected chi connectivity index (χ4v) is 7.15. The van der Waals surface area contributed by atoms with E-state index in [1.54, 1.807) is 37.8 Å². The van der Waals surface area contributed by atoms with Crippen molar-refractivity contribution in [1.29, 1.82) is 0 Å². The van der Waals surface area contributed by atoms with Crippen LogP contribution in [0.5, 0.6) is 17.4 Å². The Morgan fingerprint density at radius 2 is 1.67 bits per heavy atom. The number of thiazole rings is 1. The maximum atomic E-state index is 14.4. The fourth-order valence-electron chi connectivity index (χ4n) is 6.64. The highest BCUT2D eigenvalue weighted by molar-refractivity contribution is 7.09. The van der Waals surface area contributed by atoms with Crippen molar-refractivity contribution in [3.8, 4) is 17.4 Å². The molecule has 3 amide bonds. The Morgan fingerprint density at radius 3 is 2.37 bits per heavy atom. The van der Waals surface area contributed by atoms with E-state index in [-0.39, 0.29) is 30.3 Å². The smallest absolute Gasteiger partial charge is 0.413 e. The van der Waals surface area contributed by atoms with Gasteiger partial charge in [0.1, 0.15) is 0 Å². The molecule has 0 saturated carbocycles. The number of piperazine rings is 1. The summed E-state index contributed by atoms with van der Waals surface area (Å²) in [5.41, 5.74) is 3.60. The number of fused-ring (bicyclic) bond motifs is 1. The van der Waals surface area contributed by atoms with Gasteiger partial charge in [-0.05, 0) is 62.1 Å². The monoisotopic (exact) mass is 683 g/mol. The van der Waals surface area contributed by atoms with Crippen LogP contribution in [0, 0.1) is 6.92 Å². The Hall–Kier alpha value is -4.94. The average molecular weight is 684 g/mol. The predicted molar refractivity (Wildman–Crippen MR) is 188 cm³/mol. The predicted octanol–water partition coefficient (Wildman–Crippen LogP) is 6.26. The highest BCUT2D eigenvalue weighted by Crippen LogP contribution is 2.40. The number of hydrogen-bond donors (Lipinski definition) is 1. The van der Waals surface area contributed by atoms with Gasteiger partial charge in [-0.3, -0.25) is 19.4 Å². The quantitative estimate of drug-likeness (QED) is 0.137. The van der Waals surface area contributed by atoms with Gasteiger partial charge in [0.2, 0.25) is 5.88 Å². The molecule has 3 heterocycles. The SMILES string of the molecule is COc1ccc([C@@H](CCCNC(=O)Oc2csc(C)n2)N2C(=O)c3cccc(N4CCN([C@H](C)c5ccccc5)CC4)c3C2=O)cc1OC. The number of hydrogen-bond acceptors (Lipinski definition) is 10. The molecule has 2 aliphatic rings. The summed E-state index contributed by atoms with van der Waals surface area (Å²) in [5.74, 6) is 0.602. The van der Waals surface area contributed by atoms with Crippen LogP contribution in [0.25, 0.3) is 0 Å². The van der Waals surface area contributed by atoms with Crippen molar-refractivity contribution >= 4 is 34.9 Å². The lowest BCUT2D eigenvalue weighted by Gasteiger charge is -2.39. The Morgan fingerprint density at radius 1 is 0.918 bits per heavy atom. The van der Waals surface area contributed by atoms with Gasteiger partial charge in [-0.25, -0.2) is 9.78 Å². The molecule has 0 spiro atoms. The van der Waals surface area contributed by atoms with Gasteiger partial charge in [0, 0.05) is 38.8 Å². The number of carbonyl (C=O) groups excluding carboxylic acids is 3. The third-order valence-corrected chi connectivity index (χ3v) is 9.98. The summed E-state index contributed by atoms with van der Waals surface area (Å²) >= 11 is 1.39. The van der Waals surface area contributed by atoms with Crippen molar-refractivity contribution in [2.75, 3.05) is 51.8 Å². The van der Waals surface area contributed by atoms with Gasteiger partial charge in [0.05, 0.1) is 47.5 Å². The van der Waals surface area contributed by atoms with Gasteiger partial charge in [-0.2, -0.15) is 0 Å². The Labute approximate surface area is 290 Å². The lowest BCUT2D eigenvalue weighted by Crippen LogP contribution is -2.47. The van der Waals surface area contributed by atoms with E-state index in [9.17, 15) is 14.4 Å². The lowest BCUT2D eigenvalue weighted by molar-refractivity contribution is 0.0571. The zero-order valence-corrected chi connectivity index (χ0v) is 29.0. The highest BCUT2D eigenvalue weighted by Gasteiger charge is 2.43. The molecule has 3 aromatic carbocycles. The molecular formula is C37H41N5O6S. The number of aromatic nitrogens is 1. The van der Waals surface area contributed by atoms with Crippen molar-refractivity contribution in [2.24, 2.45) is 0 Å². The first-order valence-corrected chi connectivity index (χ1v) is 17.3. The molecule has 6 rings (SSSR count). The van der Waals surface area contributed by atoms with Crippen LogP contribution in [0.2, 0.25) is 0 Å². The molecule has 1 aromatic heterocycles. The summed E-state index contributed by atoms with van der Waals surface area (Å²) in [6.45, 7) is 7.45. The van der Waals surface area contributed by atoms with Crippen LogP contribution in [-0.4, -0.2) is 79.6 Å². The van der Waals surface area contributed by atoms with E-state index in [1.165, 1.54) is 21.8 Å². The van der Waals surface area contributed by atoms with Crippen molar-refractivity contribution in [3.05, 3.63) is 99.4 Å². The number of methoxy groups -OCH3 is 2. The molecule has 4 aromatic rings. The number of aryl methyl sites for hydroxylation is 1. The Kier molecular flexibility index (Phi) is 10.4. The molecule has 1 fully saturated rings. The number of ether oxygens (including phenoxy) is 3. The molecular weight excluding hydrogens is 643 g/mol. The normalized spacial score (nSPS) is 15.9. The number of imide groups is 1. The first-order valence-electron chi connectivity index (χ1n) is 16.4. The van der Waals surface area contributed by atoms with Crippen LogP contribution < -0.4 is 24.4 Å². The van der Waals surface area contributed by atoms with E-state index in [1.807, 2.05) is 31.2 Å². The molecule has 2 aliphatic heterocycles. The summed E-state index contributed by atoms with van der Waals surface area (Å²) < 4.78 is 16.3. The molecule has 0 radical (unpaired) electrons. The highest BCUT2D eigenvalue weighted by atomic mass is 32.1. The van der Waals surface area contributed by atoms with Gasteiger partial charge in [-0.1, -0.05) is 42.5 Å². The molecule has 12 heteroatoms.